The molecule has 1 aromatic rings. The Morgan fingerprint density at radius 2 is 1.71 bits per heavy atom. The van der Waals surface area contributed by atoms with Crippen LogP contribution in [-0.4, -0.2) is 38.5 Å². The number of hydrogen-bond donors (Lipinski definition) is 2. The molecule has 0 unspecified atom stereocenters. The number of nitrogens with one attached hydrogen (secondary N) is 2. The lowest BCUT2D eigenvalue weighted by atomic mass is 9.95. The Hall–Kier alpha value is -2.04. The van der Waals surface area contributed by atoms with E-state index in [1.807, 2.05) is 14.1 Å². The molecule has 0 aliphatic heterocycles. The van der Waals surface area contributed by atoms with E-state index in [1.54, 1.807) is 0 Å². The van der Waals surface area contributed by atoms with Crippen molar-refractivity contribution in [3.05, 3.63) is 29.8 Å². The number of rotatable bonds is 6. The normalized spacial score (nSPS) is 14.9. The van der Waals surface area contributed by atoms with Crippen LogP contribution >= 0.6 is 0 Å². The smallest absolute Gasteiger partial charge is 0.309 e. The molecule has 0 spiro atoms. The van der Waals surface area contributed by atoms with Gasteiger partial charge in [0.25, 0.3) is 0 Å². The summed E-state index contributed by atoms with van der Waals surface area (Å²) in [7, 11) is 4.03. The van der Waals surface area contributed by atoms with E-state index in [9.17, 15) is 9.59 Å². The third-order valence-electron chi connectivity index (χ3n) is 4.53. The van der Waals surface area contributed by atoms with Gasteiger partial charge < -0.3 is 15.5 Å². The van der Waals surface area contributed by atoms with Gasteiger partial charge >= 0.3 is 11.8 Å². The van der Waals surface area contributed by atoms with E-state index in [0.29, 0.717) is 6.54 Å². The van der Waals surface area contributed by atoms with Crippen LogP contribution in [0.4, 0.5) is 5.69 Å². The number of anilines is 1. The van der Waals surface area contributed by atoms with Crippen LogP contribution in [0.1, 0.15) is 44.1 Å². The first kappa shape index (κ1) is 18.3. The number of hydrogen-bond acceptors (Lipinski definition) is 3. The van der Waals surface area contributed by atoms with E-state index < -0.39 is 11.8 Å². The largest absolute Gasteiger partial charge is 0.378 e. The first-order chi connectivity index (χ1) is 11.6. The predicted molar refractivity (Wildman–Crippen MR) is 97.1 cm³/mol. The maximum Gasteiger partial charge on any atom is 0.309 e. The molecule has 1 saturated carbocycles. The van der Waals surface area contributed by atoms with Crippen molar-refractivity contribution in [1.82, 2.24) is 10.6 Å². The van der Waals surface area contributed by atoms with Gasteiger partial charge in [-0.3, -0.25) is 9.59 Å². The van der Waals surface area contributed by atoms with E-state index in [-0.39, 0.29) is 6.04 Å². The highest BCUT2D eigenvalue weighted by Crippen LogP contribution is 2.17. The molecule has 1 aliphatic carbocycles. The molecule has 0 heterocycles. The second-order valence-electron chi connectivity index (χ2n) is 6.73. The molecular weight excluding hydrogens is 302 g/mol. The molecule has 1 aromatic carbocycles. The summed E-state index contributed by atoms with van der Waals surface area (Å²) < 4.78 is 0. The highest BCUT2D eigenvalue weighted by Gasteiger charge is 2.19. The molecule has 0 atom stereocenters. The van der Waals surface area contributed by atoms with E-state index >= 15 is 0 Å². The first-order valence-electron chi connectivity index (χ1n) is 8.91. The van der Waals surface area contributed by atoms with Crippen molar-refractivity contribution in [3.63, 3.8) is 0 Å². The summed E-state index contributed by atoms with van der Waals surface area (Å²) in [5.41, 5.74) is 2.41. The van der Waals surface area contributed by atoms with Crippen molar-refractivity contribution in [1.29, 1.82) is 0 Å². The van der Waals surface area contributed by atoms with Gasteiger partial charge in [-0.2, -0.15) is 0 Å². The van der Waals surface area contributed by atoms with Crippen LogP contribution < -0.4 is 15.5 Å². The predicted octanol–water partition coefficient (Wildman–Crippen LogP) is 2.25. The number of aryl methyl sites for hydroxylation is 1. The second kappa shape index (κ2) is 9.30. The Morgan fingerprint density at radius 1 is 1.04 bits per heavy atom. The van der Waals surface area contributed by atoms with Gasteiger partial charge in [-0.25, -0.2) is 0 Å². The lowest BCUT2D eigenvalue weighted by Gasteiger charge is -2.22. The molecule has 2 rings (SSSR count). The SMILES string of the molecule is CN(C)c1ccc(CCCNC(=O)C(=O)NC2CCCCC2)cc1. The number of carbonyl (C=O) groups excluding carboxylic acids is 2. The first-order valence-corrected chi connectivity index (χ1v) is 8.91. The molecule has 5 nitrogen and oxygen atoms in total. The minimum absolute atomic E-state index is 0.173. The Kier molecular flexibility index (Phi) is 7.09. The average Bonchev–Trinajstić information content (AvgIpc) is 2.59. The third-order valence-corrected chi connectivity index (χ3v) is 4.53. The molecule has 2 amide bonds. The van der Waals surface area contributed by atoms with Crippen LogP contribution in [0.5, 0.6) is 0 Å². The van der Waals surface area contributed by atoms with Crippen molar-refractivity contribution >= 4 is 17.5 Å². The summed E-state index contributed by atoms with van der Waals surface area (Å²) in [6.45, 7) is 0.520. The fourth-order valence-corrected chi connectivity index (χ4v) is 3.03. The van der Waals surface area contributed by atoms with Gasteiger partial charge in [0.15, 0.2) is 0 Å². The summed E-state index contributed by atoms with van der Waals surface area (Å²) in [4.78, 5) is 25.7. The van der Waals surface area contributed by atoms with Crippen LogP contribution in [0.2, 0.25) is 0 Å². The molecule has 0 radical (unpaired) electrons. The average molecular weight is 331 g/mol. The fraction of sp³-hybridized carbons (Fsp3) is 0.579. The summed E-state index contributed by atoms with van der Waals surface area (Å²) >= 11 is 0. The zero-order valence-electron chi connectivity index (χ0n) is 14.8. The quantitative estimate of drug-likeness (QED) is 0.621. The zero-order valence-corrected chi connectivity index (χ0v) is 14.8. The van der Waals surface area contributed by atoms with E-state index in [1.165, 1.54) is 17.7 Å². The van der Waals surface area contributed by atoms with Crippen LogP contribution in [0.25, 0.3) is 0 Å². The highest BCUT2D eigenvalue weighted by atomic mass is 16.2. The van der Waals surface area contributed by atoms with Gasteiger partial charge in [-0.1, -0.05) is 31.4 Å². The number of nitrogens with zero attached hydrogens (tertiary/aromatic N) is 1. The molecule has 0 aromatic heterocycles. The Balaban J connectivity index is 1.63. The molecule has 2 N–H and O–H groups in total. The zero-order chi connectivity index (χ0) is 17.4. The summed E-state index contributed by atoms with van der Waals surface area (Å²) in [5.74, 6) is -0.999. The van der Waals surface area contributed by atoms with Crippen LogP contribution in [0.3, 0.4) is 0 Å². The maximum absolute atomic E-state index is 11.8. The molecule has 0 bridgehead atoms. The second-order valence-corrected chi connectivity index (χ2v) is 6.73. The molecule has 1 fully saturated rings. The van der Waals surface area contributed by atoms with Crippen molar-refractivity contribution in [3.8, 4) is 0 Å². The van der Waals surface area contributed by atoms with Crippen molar-refractivity contribution < 1.29 is 9.59 Å². The molecule has 132 valence electrons. The topological polar surface area (TPSA) is 61.4 Å². The van der Waals surface area contributed by atoms with Gasteiger partial charge in [0.05, 0.1) is 0 Å². The van der Waals surface area contributed by atoms with Crippen molar-refractivity contribution in [2.24, 2.45) is 0 Å². The standard InChI is InChI=1S/C19H29N3O2/c1-22(2)17-12-10-15(11-13-17)7-6-14-20-18(23)19(24)21-16-8-4-3-5-9-16/h10-13,16H,3-9,14H2,1-2H3,(H,20,23)(H,21,24). The third kappa shape index (κ3) is 5.87. The van der Waals surface area contributed by atoms with Gasteiger partial charge in [-0.05, 0) is 43.4 Å². The van der Waals surface area contributed by atoms with Crippen LogP contribution in [-0.2, 0) is 16.0 Å². The molecular formula is C19H29N3O2. The summed E-state index contributed by atoms with van der Waals surface area (Å²) in [5, 5.41) is 5.55. The van der Waals surface area contributed by atoms with Crippen molar-refractivity contribution in [2.45, 2.75) is 51.0 Å². The van der Waals surface area contributed by atoms with Gasteiger partial charge in [0.1, 0.15) is 0 Å². The highest BCUT2D eigenvalue weighted by molar-refractivity contribution is 6.35. The van der Waals surface area contributed by atoms with Crippen LogP contribution in [0.15, 0.2) is 24.3 Å². The molecule has 0 saturated heterocycles. The van der Waals surface area contributed by atoms with Crippen LogP contribution in [0, 0.1) is 0 Å². The van der Waals surface area contributed by atoms with Gasteiger partial charge in [-0.15, -0.1) is 0 Å². The number of amides is 2. The Morgan fingerprint density at radius 3 is 2.33 bits per heavy atom. The van der Waals surface area contributed by atoms with E-state index in [2.05, 4.69) is 39.8 Å². The summed E-state index contributed by atoms with van der Waals surface area (Å²) in [6, 6.07) is 8.56. The lowest BCUT2D eigenvalue weighted by Crippen LogP contribution is -2.45. The lowest BCUT2D eigenvalue weighted by molar-refractivity contribution is -0.139. The van der Waals surface area contributed by atoms with Gasteiger partial charge in [0.2, 0.25) is 0 Å². The Labute approximate surface area is 144 Å². The van der Waals surface area contributed by atoms with Gasteiger partial charge in [0, 0.05) is 32.4 Å². The minimum atomic E-state index is -0.511. The van der Waals surface area contributed by atoms with Crippen molar-refractivity contribution in [2.75, 3.05) is 25.5 Å². The minimum Gasteiger partial charge on any atom is -0.378 e. The molecule has 5 heteroatoms. The number of benzene rings is 1. The number of carbonyl (C=O) groups is 2. The Bertz CT molecular complexity index is 534. The molecule has 1 aliphatic rings. The fourth-order valence-electron chi connectivity index (χ4n) is 3.03. The van der Waals surface area contributed by atoms with E-state index in [0.717, 1.165) is 38.5 Å². The summed E-state index contributed by atoms with van der Waals surface area (Å²) in [6.07, 6.45) is 7.19. The maximum atomic E-state index is 11.8. The molecule has 24 heavy (non-hydrogen) atoms. The van der Waals surface area contributed by atoms with E-state index in [4.69, 9.17) is 0 Å². The monoisotopic (exact) mass is 331 g/mol.